The van der Waals surface area contributed by atoms with Gasteiger partial charge >= 0.3 is 0 Å². The Kier molecular flexibility index (Phi) is 4.41. The fourth-order valence-electron chi connectivity index (χ4n) is 0.225. The first-order chi connectivity index (χ1) is 3.41. The lowest BCUT2D eigenvalue weighted by molar-refractivity contribution is 1.23. The van der Waals surface area contributed by atoms with Crippen molar-refractivity contribution >= 4 is 0 Å². The molecule has 0 nitrogen and oxygen atoms in total. The topological polar surface area (TPSA) is 0 Å². The molecule has 0 fully saturated rings. The van der Waals surface area contributed by atoms with Crippen molar-refractivity contribution in [3.63, 3.8) is 0 Å². The van der Waals surface area contributed by atoms with Crippen molar-refractivity contribution in [2.45, 2.75) is 13.3 Å². The summed E-state index contributed by atoms with van der Waals surface area (Å²) in [7, 11) is 0. The molecule has 0 saturated heterocycles. The Morgan fingerprint density at radius 1 is 1.71 bits per heavy atom. The number of hydrogen-bond donors (Lipinski definition) is 0. The Morgan fingerprint density at radius 3 is 2.86 bits per heavy atom. The molecular formula is C7H8. The zero-order valence-corrected chi connectivity index (χ0v) is 4.44. The van der Waals surface area contributed by atoms with Gasteiger partial charge in [-0.25, -0.2) is 0 Å². The smallest absolute Gasteiger partial charge is 0.0295 e. The first-order valence-electron chi connectivity index (χ1n) is 2.27. The summed E-state index contributed by atoms with van der Waals surface area (Å²) in [6.45, 7) is 2.04. The van der Waals surface area contributed by atoms with Crippen molar-refractivity contribution in [1.29, 1.82) is 0 Å². The van der Waals surface area contributed by atoms with Gasteiger partial charge in [-0.05, 0) is 12.5 Å². The van der Waals surface area contributed by atoms with Crippen LogP contribution >= 0.6 is 0 Å². The summed E-state index contributed by atoms with van der Waals surface area (Å²) in [4.78, 5) is 0. The number of rotatable bonds is 1. The molecule has 0 aromatic carbocycles. The number of allylic oxidation sites excluding steroid dienone is 1. The maximum atomic E-state index is 4.88. The van der Waals surface area contributed by atoms with Crippen LogP contribution in [0.1, 0.15) is 13.3 Å². The lowest BCUT2D eigenvalue weighted by Crippen LogP contribution is -1.44. The molecule has 0 rings (SSSR count). The van der Waals surface area contributed by atoms with Crippen molar-refractivity contribution in [3.8, 4) is 12.3 Å². The van der Waals surface area contributed by atoms with Gasteiger partial charge in [0, 0.05) is 6.08 Å². The maximum absolute atomic E-state index is 4.88. The Bertz CT molecular complexity index is 117. The highest BCUT2D eigenvalue weighted by Gasteiger charge is 1.53. The van der Waals surface area contributed by atoms with Crippen LogP contribution in [0.3, 0.4) is 0 Å². The highest BCUT2D eigenvalue weighted by atomic mass is 13.6. The molecule has 36 valence electrons. The van der Waals surface area contributed by atoms with Crippen LogP contribution in [0.2, 0.25) is 0 Å². The molecule has 0 heteroatoms. The van der Waals surface area contributed by atoms with Gasteiger partial charge in [-0.1, -0.05) is 12.8 Å². The maximum Gasteiger partial charge on any atom is 0.0295 e. The van der Waals surface area contributed by atoms with Gasteiger partial charge in [0.25, 0.3) is 0 Å². The molecule has 0 bridgehead atoms. The van der Waals surface area contributed by atoms with E-state index in [4.69, 9.17) is 6.42 Å². The van der Waals surface area contributed by atoms with Gasteiger partial charge in [0.2, 0.25) is 0 Å². The van der Waals surface area contributed by atoms with Crippen LogP contribution in [0.15, 0.2) is 17.9 Å². The normalized spacial score (nSPS) is 5.71. The number of hydrogen-bond acceptors (Lipinski definition) is 0. The second-order valence-electron chi connectivity index (χ2n) is 1.09. The van der Waals surface area contributed by atoms with Gasteiger partial charge in [-0.3, -0.25) is 0 Å². The van der Waals surface area contributed by atoms with E-state index in [1.54, 1.807) is 6.08 Å². The average molecular weight is 92.1 g/mol. The largest absolute Gasteiger partial charge is 0.116 e. The van der Waals surface area contributed by atoms with E-state index in [2.05, 4.69) is 11.7 Å². The molecule has 0 aromatic rings. The van der Waals surface area contributed by atoms with E-state index in [9.17, 15) is 0 Å². The van der Waals surface area contributed by atoms with E-state index < -0.39 is 0 Å². The van der Waals surface area contributed by atoms with E-state index in [0.717, 1.165) is 6.42 Å². The van der Waals surface area contributed by atoms with Crippen molar-refractivity contribution in [1.82, 2.24) is 0 Å². The van der Waals surface area contributed by atoms with E-state index in [-0.39, 0.29) is 0 Å². The Balaban J connectivity index is 3.47. The molecule has 7 heavy (non-hydrogen) atoms. The summed E-state index contributed by atoms with van der Waals surface area (Å²) in [5.74, 6) is 2.34. The van der Waals surface area contributed by atoms with Crippen LogP contribution in [-0.4, -0.2) is 0 Å². The van der Waals surface area contributed by atoms with E-state index >= 15 is 0 Å². The van der Waals surface area contributed by atoms with Crippen LogP contribution in [-0.2, 0) is 0 Å². The van der Waals surface area contributed by atoms with Crippen LogP contribution in [0, 0.1) is 12.3 Å². The fourth-order valence-corrected chi connectivity index (χ4v) is 0.225. The third-order valence-electron chi connectivity index (χ3n) is 0.489. The lowest BCUT2D eigenvalue weighted by Gasteiger charge is -1.62. The molecule has 0 atom stereocenters. The van der Waals surface area contributed by atoms with Crippen molar-refractivity contribution < 1.29 is 0 Å². The second kappa shape index (κ2) is 5.08. The molecular weight excluding hydrogens is 84.1 g/mol. The summed E-state index contributed by atoms with van der Waals surface area (Å²) >= 11 is 0. The standard InChI is InChI=1S/C7H8/c1-3-5-7-6-4-2/h1,5-6H,4H2,2H3. The molecule has 0 heterocycles. The first-order valence-corrected chi connectivity index (χ1v) is 2.27. The van der Waals surface area contributed by atoms with Crippen molar-refractivity contribution in [2.24, 2.45) is 0 Å². The molecule has 0 aromatic heterocycles. The summed E-state index contributed by atoms with van der Waals surface area (Å²) in [5.41, 5.74) is 2.80. The molecule has 0 amide bonds. The van der Waals surface area contributed by atoms with Gasteiger partial charge in [-0.2, -0.15) is 0 Å². The van der Waals surface area contributed by atoms with E-state index in [1.807, 2.05) is 13.0 Å². The first kappa shape index (κ1) is 6.08. The molecule has 0 aliphatic heterocycles. The molecule has 0 spiro atoms. The summed E-state index contributed by atoms with van der Waals surface area (Å²) < 4.78 is 0. The molecule has 0 saturated carbocycles. The monoisotopic (exact) mass is 92.1 g/mol. The summed E-state index contributed by atoms with van der Waals surface area (Å²) in [6.07, 6.45) is 9.33. The summed E-state index contributed by atoms with van der Waals surface area (Å²) in [6, 6.07) is 0. The van der Waals surface area contributed by atoms with Crippen molar-refractivity contribution in [3.05, 3.63) is 17.9 Å². The Morgan fingerprint density at radius 2 is 2.43 bits per heavy atom. The molecule has 0 aliphatic rings. The SMILES string of the molecule is C#CC=C=CCC. The van der Waals surface area contributed by atoms with E-state index in [1.165, 1.54) is 0 Å². The minimum atomic E-state index is 0.998. The van der Waals surface area contributed by atoms with Crippen LogP contribution in [0.4, 0.5) is 0 Å². The molecule has 0 radical (unpaired) electrons. The zero-order chi connectivity index (χ0) is 5.54. The fraction of sp³-hybridized carbons (Fsp3) is 0.286. The third-order valence-corrected chi connectivity index (χ3v) is 0.489. The average Bonchev–Trinajstić information content (AvgIpc) is 1.69. The second-order valence-corrected chi connectivity index (χ2v) is 1.09. The lowest BCUT2D eigenvalue weighted by atomic mass is 10.4. The van der Waals surface area contributed by atoms with E-state index in [0.29, 0.717) is 0 Å². The molecule has 0 unspecified atom stereocenters. The third kappa shape index (κ3) is 5.08. The van der Waals surface area contributed by atoms with Gasteiger partial charge in [0.1, 0.15) is 0 Å². The Labute approximate surface area is 44.5 Å². The van der Waals surface area contributed by atoms with Gasteiger partial charge in [-0.15, -0.1) is 12.2 Å². The molecule has 0 N–H and O–H groups in total. The minimum Gasteiger partial charge on any atom is -0.116 e. The van der Waals surface area contributed by atoms with Gasteiger partial charge in [0.15, 0.2) is 0 Å². The minimum absolute atomic E-state index is 0.998. The van der Waals surface area contributed by atoms with Gasteiger partial charge < -0.3 is 0 Å². The van der Waals surface area contributed by atoms with Crippen LogP contribution in [0.5, 0.6) is 0 Å². The number of terminal acetylenes is 1. The zero-order valence-electron chi connectivity index (χ0n) is 4.44. The molecule has 0 aliphatic carbocycles. The quantitative estimate of drug-likeness (QED) is 0.341. The Hall–Kier alpha value is -0.920. The van der Waals surface area contributed by atoms with Crippen LogP contribution in [0.25, 0.3) is 0 Å². The van der Waals surface area contributed by atoms with Crippen molar-refractivity contribution in [2.75, 3.05) is 0 Å². The predicted octanol–water partition coefficient (Wildman–Crippen LogP) is 1.74. The van der Waals surface area contributed by atoms with Crippen LogP contribution < -0.4 is 0 Å². The van der Waals surface area contributed by atoms with Gasteiger partial charge in [0.05, 0.1) is 0 Å². The predicted molar refractivity (Wildman–Crippen MR) is 31.8 cm³/mol. The highest BCUT2D eigenvalue weighted by Crippen LogP contribution is 1.72. The summed E-state index contributed by atoms with van der Waals surface area (Å²) in [5, 5.41) is 0. The highest BCUT2D eigenvalue weighted by molar-refractivity contribution is 5.07.